The van der Waals surface area contributed by atoms with Crippen LogP contribution in [0.4, 0.5) is 8.78 Å². The van der Waals surface area contributed by atoms with Crippen LogP contribution in [0, 0.1) is 17.6 Å². The molecule has 2 N–H and O–H groups in total. The Bertz CT molecular complexity index is 650. The second-order valence-corrected chi connectivity index (χ2v) is 5.33. The van der Waals surface area contributed by atoms with Gasteiger partial charge in [0.1, 0.15) is 6.04 Å². The van der Waals surface area contributed by atoms with E-state index in [-0.39, 0.29) is 24.4 Å². The van der Waals surface area contributed by atoms with Crippen LogP contribution in [0.15, 0.2) is 18.2 Å². The molecule has 0 aliphatic carbocycles. The molecule has 23 heavy (non-hydrogen) atoms. The van der Waals surface area contributed by atoms with Crippen molar-refractivity contribution < 1.29 is 28.3 Å². The lowest BCUT2D eigenvalue weighted by atomic mass is 9.91. The second kappa shape index (κ2) is 6.72. The third kappa shape index (κ3) is 3.46. The summed E-state index contributed by atoms with van der Waals surface area (Å²) in [6.07, 6.45) is 0.445. The smallest absolute Gasteiger partial charge is 0.326 e. The lowest BCUT2D eigenvalue weighted by molar-refractivity contribution is -0.145. The SMILES string of the molecule is CNC(=O)[C@H]1CC[C@@H](C(=O)O)N(C(=O)c2ccc(F)c(F)c2)C1. The zero-order valence-corrected chi connectivity index (χ0v) is 12.4. The van der Waals surface area contributed by atoms with Gasteiger partial charge in [-0.2, -0.15) is 0 Å². The molecule has 2 rings (SSSR count). The Labute approximate surface area is 131 Å². The summed E-state index contributed by atoms with van der Waals surface area (Å²) in [6.45, 7) is -0.0888. The quantitative estimate of drug-likeness (QED) is 0.868. The molecule has 0 unspecified atom stereocenters. The molecule has 0 saturated carbocycles. The highest BCUT2D eigenvalue weighted by molar-refractivity contribution is 5.97. The zero-order valence-electron chi connectivity index (χ0n) is 12.4. The highest BCUT2D eigenvalue weighted by Gasteiger charge is 2.38. The predicted molar refractivity (Wildman–Crippen MR) is 75.6 cm³/mol. The molecule has 1 aromatic rings. The van der Waals surface area contributed by atoms with Gasteiger partial charge in [-0.15, -0.1) is 0 Å². The summed E-state index contributed by atoms with van der Waals surface area (Å²) >= 11 is 0. The predicted octanol–water partition coefficient (Wildman–Crippen LogP) is 1.02. The summed E-state index contributed by atoms with van der Waals surface area (Å²) in [5.41, 5.74) is -0.160. The fraction of sp³-hybridized carbons (Fsp3) is 0.400. The maximum Gasteiger partial charge on any atom is 0.326 e. The van der Waals surface area contributed by atoms with E-state index in [1.807, 2.05) is 0 Å². The normalized spacial score (nSPS) is 20.9. The van der Waals surface area contributed by atoms with E-state index in [4.69, 9.17) is 0 Å². The zero-order chi connectivity index (χ0) is 17.1. The number of carbonyl (C=O) groups excluding carboxylic acids is 2. The molecule has 1 aromatic carbocycles. The minimum absolute atomic E-state index is 0.0888. The van der Waals surface area contributed by atoms with E-state index in [9.17, 15) is 28.3 Å². The first-order valence-corrected chi connectivity index (χ1v) is 7.05. The standard InChI is InChI=1S/C15H16F2N2O4/c1-18-13(20)9-3-5-12(15(22)23)19(7-9)14(21)8-2-4-10(16)11(17)6-8/h2,4,6,9,12H,3,5,7H2,1H3,(H,18,20)(H,22,23)/t9-,12-/m0/s1. The van der Waals surface area contributed by atoms with Gasteiger partial charge in [0, 0.05) is 19.2 Å². The summed E-state index contributed by atoms with van der Waals surface area (Å²) in [5, 5.41) is 11.7. The van der Waals surface area contributed by atoms with Gasteiger partial charge in [-0.3, -0.25) is 9.59 Å². The van der Waals surface area contributed by atoms with Crippen LogP contribution < -0.4 is 5.32 Å². The molecule has 0 aromatic heterocycles. The van der Waals surface area contributed by atoms with Crippen molar-refractivity contribution in [2.45, 2.75) is 18.9 Å². The molecular formula is C15H16F2N2O4. The Morgan fingerprint density at radius 2 is 1.91 bits per heavy atom. The number of carboxylic acids is 1. The monoisotopic (exact) mass is 326 g/mol. The molecule has 0 bridgehead atoms. The van der Waals surface area contributed by atoms with Gasteiger partial charge < -0.3 is 15.3 Å². The van der Waals surface area contributed by atoms with E-state index >= 15 is 0 Å². The minimum Gasteiger partial charge on any atom is -0.480 e. The van der Waals surface area contributed by atoms with Crippen molar-refractivity contribution >= 4 is 17.8 Å². The van der Waals surface area contributed by atoms with Crippen LogP contribution in [0.1, 0.15) is 23.2 Å². The summed E-state index contributed by atoms with van der Waals surface area (Å²) in [5.74, 6) is -5.07. The number of likely N-dealkylation sites (tertiary alicyclic amines) is 1. The number of nitrogens with one attached hydrogen (secondary N) is 1. The van der Waals surface area contributed by atoms with Gasteiger partial charge in [0.05, 0.1) is 5.92 Å². The molecule has 6 nitrogen and oxygen atoms in total. The van der Waals surface area contributed by atoms with Gasteiger partial charge in [0.25, 0.3) is 5.91 Å². The fourth-order valence-corrected chi connectivity index (χ4v) is 2.67. The molecule has 1 aliphatic heterocycles. The van der Waals surface area contributed by atoms with Crippen molar-refractivity contribution in [1.29, 1.82) is 0 Å². The van der Waals surface area contributed by atoms with Gasteiger partial charge >= 0.3 is 5.97 Å². The number of rotatable bonds is 3. The molecule has 0 spiro atoms. The largest absolute Gasteiger partial charge is 0.480 e. The topological polar surface area (TPSA) is 86.7 Å². The number of piperidine rings is 1. The van der Waals surface area contributed by atoms with Crippen LogP contribution in [0.3, 0.4) is 0 Å². The number of aliphatic carboxylic acids is 1. The van der Waals surface area contributed by atoms with Crippen LogP contribution in [0.2, 0.25) is 0 Å². The molecule has 2 atom stereocenters. The van der Waals surface area contributed by atoms with Gasteiger partial charge in [0.15, 0.2) is 11.6 Å². The summed E-state index contributed by atoms with van der Waals surface area (Å²) in [7, 11) is 1.45. The fourth-order valence-electron chi connectivity index (χ4n) is 2.67. The van der Waals surface area contributed by atoms with E-state index in [2.05, 4.69) is 5.32 Å². The van der Waals surface area contributed by atoms with Crippen LogP contribution in [0.25, 0.3) is 0 Å². The molecule has 124 valence electrons. The number of halogens is 2. The van der Waals surface area contributed by atoms with Crippen molar-refractivity contribution in [3.8, 4) is 0 Å². The number of benzene rings is 1. The maximum absolute atomic E-state index is 13.3. The first kappa shape index (κ1) is 16.9. The van der Waals surface area contributed by atoms with Gasteiger partial charge in [0.2, 0.25) is 5.91 Å². The highest BCUT2D eigenvalue weighted by Crippen LogP contribution is 2.25. The Morgan fingerprint density at radius 1 is 1.22 bits per heavy atom. The minimum atomic E-state index is -1.20. The number of nitrogens with zero attached hydrogens (tertiary/aromatic N) is 1. The molecule has 1 saturated heterocycles. The van der Waals surface area contributed by atoms with Crippen molar-refractivity contribution in [3.63, 3.8) is 0 Å². The summed E-state index contributed by atoms with van der Waals surface area (Å²) < 4.78 is 26.3. The molecular weight excluding hydrogens is 310 g/mol. The van der Waals surface area contributed by atoms with Crippen molar-refractivity contribution in [2.24, 2.45) is 5.92 Å². The third-order valence-electron chi connectivity index (χ3n) is 3.91. The number of hydrogen-bond acceptors (Lipinski definition) is 3. The highest BCUT2D eigenvalue weighted by atomic mass is 19.2. The summed E-state index contributed by atoms with van der Waals surface area (Å²) in [6, 6.07) is 1.51. The Kier molecular flexibility index (Phi) is 4.92. The van der Waals surface area contributed by atoms with Gasteiger partial charge in [-0.25, -0.2) is 13.6 Å². The van der Waals surface area contributed by atoms with Crippen LogP contribution in [0.5, 0.6) is 0 Å². The Hall–Kier alpha value is -2.51. The second-order valence-electron chi connectivity index (χ2n) is 5.33. The number of carboxylic acid groups (broad SMARTS) is 1. The molecule has 1 fully saturated rings. The average Bonchev–Trinajstić information content (AvgIpc) is 2.55. The van der Waals surface area contributed by atoms with E-state index in [0.717, 1.165) is 23.1 Å². The number of hydrogen-bond donors (Lipinski definition) is 2. The van der Waals surface area contributed by atoms with Gasteiger partial charge in [-0.1, -0.05) is 0 Å². The number of carbonyl (C=O) groups is 3. The first-order valence-electron chi connectivity index (χ1n) is 7.05. The first-order chi connectivity index (χ1) is 10.8. The van der Waals surface area contributed by atoms with Crippen molar-refractivity contribution in [3.05, 3.63) is 35.4 Å². The Morgan fingerprint density at radius 3 is 2.48 bits per heavy atom. The third-order valence-corrected chi connectivity index (χ3v) is 3.91. The van der Waals surface area contributed by atoms with Crippen molar-refractivity contribution in [1.82, 2.24) is 10.2 Å². The molecule has 8 heteroatoms. The van der Waals surface area contributed by atoms with Gasteiger partial charge in [-0.05, 0) is 31.0 Å². The molecule has 1 heterocycles. The lowest BCUT2D eigenvalue weighted by Crippen LogP contribution is -2.53. The van der Waals surface area contributed by atoms with E-state index in [1.165, 1.54) is 7.05 Å². The molecule has 1 aliphatic rings. The molecule has 2 amide bonds. The lowest BCUT2D eigenvalue weighted by Gasteiger charge is -2.36. The maximum atomic E-state index is 13.3. The average molecular weight is 326 g/mol. The van der Waals surface area contributed by atoms with Crippen LogP contribution >= 0.6 is 0 Å². The summed E-state index contributed by atoms with van der Waals surface area (Å²) in [4.78, 5) is 36.6. The Balaban J connectivity index is 2.29. The van der Waals surface area contributed by atoms with Crippen LogP contribution in [-0.4, -0.2) is 47.4 Å². The molecule has 0 radical (unpaired) electrons. The van der Waals surface area contributed by atoms with E-state index < -0.39 is 35.5 Å². The van der Waals surface area contributed by atoms with Crippen LogP contribution in [-0.2, 0) is 9.59 Å². The number of amides is 2. The van der Waals surface area contributed by atoms with Crippen molar-refractivity contribution in [2.75, 3.05) is 13.6 Å². The van der Waals surface area contributed by atoms with E-state index in [1.54, 1.807) is 0 Å². The van der Waals surface area contributed by atoms with E-state index in [0.29, 0.717) is 6.42 Å².